The number of nitrogens with one attached hydrogen (secondary N) is 7. The number of nitrogens with zero attached hydrogens (tertiary/aromatic N) is 2. The molecule has 0 unspecified atom stereocenters. The zero-order valence-corrected chi connectivity index (χ0v) is 40.0. The number of aliphatic hydroxyl groups is 2. The Morgan fingerprint density at radius 3 is 1.92 bits per heavy atom. The van der Waals surface area contributed by atoms with Crippen molar-refractivity contribution in [1.82, 2.24) is 42.1 Å². The summed E-state index contributed by atoms with van der Waals surface area (Å²) in [6.45, 7) is 2.71. The number of amides is 8. The van der Waals surface area contributed by atoms with Gasteiger partial charge < -0.3 is 84.5 Å². The van der Waals surface area contributed by atoms with E-state index in [4.69, 9.17) is 17.2 Å². The number of hydrogen-bond donors (Lipinski definition) is 14. The summed E-state index contributed by atoms with van der Waals surface area (Å²) in [4.78, 5) is 123. The number of guanidine groups is 1. The van der Waals surface area contributed by atoms with Gasteiger partial charge in [0.05, 0.1) is 37.9 Å². The van der Waals surface area contributed by atoms with Crippen LogP contribution in [0.5, 0.6) is 11.5 Å². The molecule has 1 aliphatic heterocycles. The Labute approximate surface area is 410 Å². The highest BCUT2D eigenvalue weighted by Crippen LogP contribution is 2.18. The Morgan fingerprint density at radius 2 is 1.35 bits per heavy atom. The van der Waals surface area contributed by atoms with Crippen LogP contribution in [0, 0.1) is 5.92 Å². The van der Waals surface area contributed by atoms with E-state index < -0.39 is 121 Å². The summed E-state index contributed by atoms with van der Waals surface area (Å²) in [6.07, 6.45) is 0.489. The molecule has 71 heavy (non-hydrogen) atoms. The monoisotopic (exact) mass is 997 g/mol. The molecule has 17 N–H and O–H groups in total. The number of aromatic hydroxyl groups is 2. The number of nitrogens with two attached hydrogens (primary N) is 3. The molecule has 0 aromatic heterocycles. The van der Waals surface area contributed by atoms with Gasteiger partial charge in [-0.2, -0.15) is 0 Å². The Kier molecular flexibility index (Phi) is 23.6. The molecule has 3 rings (SSSR count). The van der Waals surface area contributed by atoms with Crippen LogP contribution in [0.25, 0.3) is 0 Å². The maximum absolute atomic E-state index is 13.8. The van der Waals surface area contributed by atoms with Crippen LogP contribution in [-0.4, -0.2) is 166 Å². The summed E-state index contributed by atoms with van der Waals surface area (Å²) in [7, 11) is 0. The van der Waals surface area contributed by atoms with Gasteiger partial charge in [-0.05, 0) is 86.8 Å². The fraction of sp³-hybridized carbons (Fsp3) is 0.522. The Balaban J connectivity index is 1.57. The molecule has 2 aromatic carbocycles. The number of phenolic OH excluding ortho intramolecular Hbond substituents is 2. The van der Waals surface area contributed by atoms with Crippen LogP contribution >= 0.6 is 0 Å². The predicted molar refractivity (Wildman–Crippen MR) is 256 cm³/mol. The van der Waals surface area contributed by atoms with Crippen LogP contribution in [0.15, 0.2) is 53.5 Å². The van der Waals surface area contributed by atoms with E-state index in [1.54, 1.807) is 38.1 Å². The Bertz CT molecular complexity index is 2170. The first-order valence-corrected chi connectivity index (χ1v) is 23.1. The van der Waals surface area contributed by atoms with Gasteiger partial charge in [0.1, 0.15) is 48.0 Å². The zero-order valence-electron chi connectivity index (χ0n) is 40.0. The zero-order chi connectivity index (χ0) is 52.8. The van der Waals surface area contributed by atoms with E-state index in [-0.39, 0.29) is 62.7 Å². The fourth-order valence-electron chi connectivity index (χ4n) is 7.37. The quantitative estimate of drug-likeness (QED) is 0.0165. The molecule has 8 amide bonds. The molecule has 1 aliphatic rings. The molecule has 1 saturated heterocycles. The smallest absolute Gasteiger partial charge is 0.245 e. The SMILES string of the molecule is CC[C@H](C)[C@H](NC(=O)CNC(=O)[C@@H]1CCCN1C(=O)CNC(=O)[C@H](CO)NC(=O)[C@@H](NC(=O)[C@@H](N)Cc1ccc(O)cc1)[C@@H](C)O)C(=O)N[C@@H](CCCN=C(N)N)C(=O)N[C@H](C=O)Cc1ccc(O)cc1. The lowest BCUT2D eigenvalue weighted by atomic mass is 9.97. The number of aliphatic imine (C=N–C) groups is 1. The summed E-state index contributed by atoms with van der Waals surface area (Å²) in [6, 6.07) is 3.15. The normalized spacial score (nSPS) is 16.5. The molecule has 0 saturated carbocycles. The third kappa shape index (κ3) is 19.1. The van der Waals surface area contributed by atoms with Gasteiger partial charge in [-0.3, -0.25) is 43.3 Å². The fourth-order valence-corrected chi connectivity index (χ4v) is 7.37. The lowest BCUT2D eigenvalue weighted by Crippen LogP contribution is -2.60. The molecule has 0 spiro atoms. The Hall–Kier alpha value is -7.38. The molecule has 25 heteroatoms. The van der Waals surface area contributed by atoms with E-state index in [0.717, 1.165) is 0 Å². The maximum atomic E-state index is 13.8. The van der Waals surface area contributed by atoms with Gasteiger partial charge in [0.2, 0.25) is 47.3 Å². The summed E-state index contributed by atoms with van der Waals surface area (Å²) in [5.74, 6) is -7.06. The number of rotatable bonds is 28. The van der Waals surface area contributed by atoms with Crippen LogP contribution in [0.1, 0.15) is 64.0 Å². The van der Waals surface area contributed by atoms with Crippen molar-refractivity contribution in [3.63, 3.8) is 0 Å². The molecule has 9 atom stereocenters. The number of aliphatic hydroxyl groups excluding tert-OH is 2. The average Bonchev–Trinajstić information content (AvgIpc) is 3.84. The van der Waals surface area contributed by atoms with E-state index in [1.807, 2.05) is 0 Å². The molecule has 390 valence electrons. The van der Waals surface area contributed by atoms with E-state index >= 15 is 0 Å². The number of hydrogen-bond acceptors (Lipinski definition) is 15. The number of carbonyl (C=O) groups is 9. The number of carbonyl (C=O) groups excluding carboxylic acids is 9. The minimum absolute atomic E-state index is 0.00889. The van der Waals surface area contributed by atoms with Gasteiger partial charge in [-0.25, -0.2) is 0 Å². The van der Waals surface area contributed by atoms with Crippen molar-refractivity contribution in [3.05, 3.63) is 59.7 Å². The lowest BCUT2D eigenvalue weighted by molar-refractivity contribution is -0.139. The van der Waals surface area contributed by atoms with Gasteiger partial charge in [0.25, 0.3) is 0 Å². The molecule has 25 nitrogen and oxygen atoms in total. The third-order valence-electron chi connectivity index (χ3n) is 11.6. The molecule has 1 heterocycles. The van der Waals surface area contributed by atoms with Crippen LogP contribution in [0.4, 0.5) is 0 Å². The maximum Gasteiger partial charge on any atom is 0.245 e. The summed E-state index contributed by atoms with van der Waals surface area (Å²) < 4.78 is 0. The largest absolute Gasteiger partial charge is 0.508 e. The van der Waals surface area contributed by atoms with Crippen LogP contribution < -0.4 is 54.4 Å². The van der Waals surface area contributed by atoms with E-state index in [9.17, 15) is 63.6 Å². The van der Waals surface area contributed by atoms with Crippen LogP contribution in [-0.2, 0) is 56.0 Å². The first kappa shape index (κ1) is 57.9. The highest BCUT2D eigenvalue weighted by atomic mass is 16.3. The van der Waals surface area contributed by atoms with Crippen LogP contribution in [0.2, 0.25) is 0 Å². The van der Waals surface area contributed by atoms with Gasteiger partial charge >= 0.3 is 0 Å². The Morgan fingerprint density at radius 1 is 0.761 bits per heavy atom. The van der Waals surface area contributed by atoms with E-state index in [0.29, 0.717) is 30.3 Å². The van der Waals surface area contributed by atoms with E-state index in [1.165, 1.54) is 36.1 Å². The number of benzene rings is 2. The number of phenols is 2. The molecule has 2 aromatic rings. The summed E-state index contributed by atoms with van der Waals surface area (Å²) in [5, 5.41) is 56.5. The molecule has 0 bridgehead atoms. The highest BCUT2D eigenvalue weighted by Gasteiger charge is 2.36. The van der Waals surface area contributed by atoms with Crippen molar-refractivity contribution >= 4 is 59.5 Å². The second kappa shape index (κ2) is 29.0. The van der Waals surface area contributed by atoms with Gasteiger partial charge in [0.15, 0.2) is 5.96 Å². The third-order valence-corrected chi connectivity index (χ3v) is 11.6. The van der Waals surface area contributed by atoms with Crippen molar-refractivity contribution in [3.8, 4) is 11.5 Å². The van der Waals surface area contributed by atoms with Gasteiger partial charge in [0, 0.05) is 13.1 Å². The average molecular weight is 997 g/mol. The minimum atomic E-state index is -1.63. The molecule has 1 fully saturated rings. The van der Waals surface area contributed by atoms with Crippen molar-refractivity contribution in [1.29, 1.82) is 0 Å². The van der Waals surface area contributed by atoms with E-state index in [2.05, 4.69) is 42.2 Å². The first-order valence-electron chi connectivity index (χ1n) is 23.1. The second-order valence-corrected chi connectivity index (χ2v) is 17.2. The standard InChI is InChI=1S/C46H68N12O13/c1-4-25(2)38(44(70)54-33(7-5-17-50-46(48)49)42(68)53-29(23-59)19-27-9-13-30(62)14-10-27)56-36(64)21-51-43(69)35-8-6-18-58(35)37(65)22-52-41(67)34(24-60)55-45(71)39(26(3)61)57-40(66)32(47)20-28-11-15-31(63)16-12-28/h9-16,23,25-26,29,32-35,38-39,60-63H,4-8,17-22,24,47H2,1-3H3,(H,51,69)(H,52,67)(H,53,68)(H,54,70)(H,55,71)(H,56,64)(H,57,66)(H4,48,49,50)/t25-,26+,29-,32-,33-,34-,35-,38-,39-/m0/s1. The number of likely N-dealkylation sites (tertiary alicyclic amines) is 1. The van der Waals surface area contributed by atoms with Gasteiger partial charge in [-0.1, -0.05) is 44.5 Å². The topological polar surface area (TPSA) is 412 Å². The molecular weight excluding hydrogens is 929 g/mol. The minimum Gasteiger partial charge on any atom is -0.508 e. The van der Waals surface area contributed by atoms with Gasteiger partial charge in [-0.15, -0.1) is 0 Å². The first-order chi connectivity index (χ1) is 33.7. The second-order valence-electron chi connectivity index (χ2n) is 17.2. The van der Waals surface area contributed by atoms with Crippen molar-refractivity contribution in [2.75, 3.05) is 32.8 Å². The predicted octanol–water partition coefficient (Wildman–Crippen LogP) is -4.47. The molecule has 0 aliphatic carbocycles. The highest BCUT2D eigenvalue weighted by molar-refractivity contribution is 5.97. The summed E-state index contributed by atoms with van der Waals surface area (Å²) in [5.41, 5.74) is 18.1. The van der Waals surface area contributed by atoms with Crippen molar-refractivity contribution < 1.29 is 63.6 Å². The van der Waals surface area contributed by atoms with Crippen LogP contribution in [0.3, 0.4) is 0 Å². The van der Waals surface area contributed by atoms with Crippen molar-refractivity contribution in [2.24, 2.45) is 28.1 Å². The number of aldehydes is 1. The summed E-state index contributed by atoms with van der Waals surface area (Å²) >= 11 is 0. The lowest BCUT2D eigenvalue weighted by Gasteiger charge is -2.27. The molecule has 0 radical (unpaired) electrons. The molecular formula is C46H68N12O13. The van der Waals surface area contributed by atoms with Crippen molar-refractivity contribution in [2.45, 2.75) is 114 Å².